The lowest BCUT2D eigenvalue weighted by Crippen LogP contribution is -2.30. The Kier molecular flexibility index (Phi) is 5.26. The Hall–Kier alpha value is -1.72. The monoisotopic (exact) mass is 290 g/mol. The number of hydrogen-bond donors (Lipinski definition) is 2. The number of rotatable bonds is 6. The number of thiazole rings is 1. The van der Waals surface area contributed by atoms with Crippen LogP contribution in [-0.2, 0) is 12.8 Å². The molecule has 0 fully saturated rings. The summed E-state index contributed by atoms with van der Waals surface area (Å²) in [5.74, 6) is -0.229. The summed E-state index contributed by atoms with van der Waals surface area (Å²) in [6.07, 6.45) is 1.21. The summed E-state index contributed by atoms with van der Waals surface area (Å²) < 4.78 is 0. The molecule has 20 heavy (non-hydrogen) atoms. The van der Waals surface area contributed by atoms with Crippen molar-refractivity contribution in [1.29, 1.82) is 0 Å². The second kappa shape index (κ2) is 7.17. The van der Waals surface area contributed by atoms with Crippen LogP contribution < -0.4 is 5.32 Å². The van der Waals surface area contributed by atoms with Crippen molar-refractivity contribution in [3.05, 3.63) is 52.0 Å². The van der Waals surface area contributed by atoms with Crippen LogP contribution in [0.5, 0.6) is 0 Å². The van der Waals surface area contributed by atoms with Crippen LogP contribution >= 0.6 is 11.3 Å². The molecule has 1 aromatic carbocycles. The van der Waals surface area contributed by atoms with Crippen LogP contribution in [0.4, 0.5) is 0 Å². The summed E-state index contributed by atoms with van der Waals surface area (Å²) in [7, 11) is 0. The molecular formula is C15H18N2O2S. The molecule has 1 amide bonds. The number of benzene rings is 1. The Morgan fingerprint density at radius 1 is 1.35 bits per heavy atom. The summed E-state index contributed by atoms with van der Waals surface area (Å²) in [5, 5.41) is 14.5. The normalized spacial score (nSPS) is 12.1. The number of nitrogens with zero attached hydrogens (tertiary/aromatic N) is 1. The zero-order chi connectivity index (χ0) is 14.4. The van der Waals surface area contributed by atoms with Gasteiger partial charge in [-0.05, 0) is 18.9 Å². The first-order valence-electron chi connectivity index (χ1n) is 6.59. The predicted octanol–water partition coefficient (Wildman–Crippen LogP) is 2.04. The molecule has 2 rings (SSSR count). The summed E-state index contributed by atoms with van der Waals surface area (Å²) in [4.78, 5) is 16.1. The lowest BCUT2D eigenvalue weighted by atomic mass is 10.1. The van der Waals surface area contributed by atoms with Crippen LogP contribution in [0.15, 0.2) is 35.7 Å². The SMILES string of the molecule is CC(O)CNC(=O)c1csc(CCc2ccccc2)n1. The van der Waals surface area contributed by atoms with Gasteiger partial charge in [0.2, 0.25) is 0 Å². The Morgan fingerprint density at radius 2 is 2.10 bits per heavy atom. The number of amides is 1. The molecule has 2 aromatic rings. The van der Waals surface area contributed by atoms with E-state index in [1.165, 1.54) is 16.9 Å². The number of aliphatic hydroxyl groups excluding tert-OH is 1. The fraction of sp³-hybridized carbons (Fsp3) is 0.333. The highest BCUT2D eigenvalue weighted by molar-refractivity contribution is 7.09. The molecule has 1 atom stereocenters. The molecule has 0 aliphatic rings. The molecule has 1 heterocycles. The first kappa shape index (κ1) is 14.7. The maximum Gasteiger partial charge on any atom is 0.270 e. The summed E-state index contributed by atoms with van der Waals surface area (Å²) in [6.45, 7) is 1.88. The van der Waals surface area contributed by atoms with E-state index in [4.69, 9.17) is 5.11 Å². The first-order chi connectivity index (χ1) is 9.65. The average Bonchev–Trinajstić information content (AvgIpc) is 2.92. The number of aromatic nitrogens is 1. The number of aryl methyl sites for hydroxylation is 2. The number of carbonyl (C=O) groups excluding carboxylic acids is 1. The molecule has 1 aromatic heterocycles. The van der Waals surface area contributed by atoms with E-state index in [2.05, 4.69) is 22.4 Å². The minimum absolute atomic E-state index is 0.229. The van der Waals surface area contributed by atoms with E-state index in [1.807, 2.05) is 18.2 Å². The number of hydrogen-bond acceptors (Lipinski definition) is 4. The highest BCUT2D eigenvalue weighted by Gasteiger charge is 2.11. The third-order valence-electron chi connectivity index (χ3n) is 2.81. The van der Waals surface area contributed by atoms with Crippen molar-refractivity contribution in [2.24, 2.45) is 0 Å². The van der Waals surface area contributed by atoms with Gasteiger partial charge < -0.3 is 10.4 Å². The van der Waals surface area contributed by atoms with Gasteiger partial charge in [0.05, 0.1) is 11.1 Å². The highest BCUT2D eigenvalue weighted by Crippen LogP contribution is 2.13. The second-order valence-corrected chi connectivity index (χ2v) is 5.61. The third-order valence-corrected chi connectivity index (χ3v) is 3.72. The predicted molar refractivity (Wildman–Crippen MR) is 80.0 cm³/mol. The number of nitrogens with one attached hydrogen (secondary N) is 1. The molecule has 106 valence electrons. The maximum absolute atomic E-state index is 11.8. The minimum Gasteiger partial charge on any atom is -0.392 e. The summed E-state index contributed by atoms with van der Waals surface area (Å²) in [5.41, 5.74) is 1.70. The Labute approximate surface area is 122 Å². The van der Waals surface area contributed by atoms with Gasteiger partial charge in [-0.1, -0.05) is 30.3 Å². The van der Waals surface area contributed by atoms with E-state index < -0.39 is 6.10 Å². The van der Waals surface area contributed by atoms with Crippen molar-refractivity contribution < 1.29 is 9.90 Å². The van der Waals surface area contributed by atoms with Gasteiger partial charge in [0, 0.05) is 18.3 Å². The summed E-state index contributed by atoms with van der Waals surface area (Å²) in [6, 6.07) is 10.2. The van der Waals surface area contributed by atoms with Crippen LogP contribution in [0.1, 0.15) is 28.0 Å². The van der Waals surface area contributed by atoms with E-state index in [0.717, 1.165) is 17.8 Å². The van der Waals surface area contributed by atoms with Crippen molar-refractivity contribution in [2.45, 2.75) is 25.9 Å². The van der Waals surface area contributed by atoms with Crippen molar-refractivity contribution in [2.75, 3.05) is 6.54 Å². The molecule has 0 bridgehead atoms. The van der Waals surface area contributed by atoms with E-state index in [9.17, 15) is 4.79 Å². The van der Waals surface area contributed by atoms with Gasteiger partial charge in [0.25, 0.3) is 5.91 Å². The molecule has 0 saturated heterocycles. The van der Waals surface area contributed by atoms with Crippen molar-refractivity contribution >= 4 is 17.2 Å². The van der Waals surface area contributed by atoms with E-state index >= 15 is 0 Å². The molecule has 0 radical (unpaired) electrons. The van der Waals surface area contributed by atoms with Gasteiger partial charge in [-0.15, -0.1) is 11.3 Å². The van der Waals surface area contributed by atoms with Gasteiger partial charge in [0.1, 0.15) is 5.69 Å². The van der Waals surface area contributed by atoms with Crippen LogP contribution in [-0.4, -0.2) is 28.6 Å². The third kappa shape index (κ3) is 4.43. The van der Waals surface area contributed by atoms with Gasteiger partial charge >= 0.3 is 0 Å². The highest BCUT2D eigenvalue weighted by atomic mass is 32.1. The zero-order valence-corrected chi connectivity index (χ0v) is 12.2. The van der Waals surface area contributed by atoms with E-state index in [0.29, 0.717) is 5.69 Å². The quantitative estimate of drug-likeness (QED) is 0.856. The van der Waals surface area contributed by atoms with Gasteiger partial charge in [-0.3, -0.25) is 4.79 Å². The van der Waals surface area contributed by atoms with Gasteiger partial charge in [-0.25, -0.2) is 4.98 Å². The fourth-order valence-electron chi connectivity index (χ4n) is 1.76. The molecule has 2 N–H and O–H groups in total. The van der Waals surface area contributed by atoms with E-state index in [-0.39, 0.29) is 12.5 Å². The van der Waals surface area contributed by atoms with Crippen molar-refractivity contribution in [3.8, 4) is 0 Å². The molecule has 0 saturated carbocycles. The molecule has 1 unspecified atom stereocenters. The molecule has 0 spiro atoms. The largest absolute Gasteiger partial charge is 0.392 e. The maximum atomic E-state index is 11.8. The average molecular weight is 290 g/mol. The Morgan fingerprint density at radius 3 is 2.80 bits per heavy atom. The van der Waals surface area contributed by atoms with Crippen molar-refractivity contribution in [1.82, 2.24) is 10.3 Å². The fourth-order valence-corrected chi connectivity index (χ4v) is 2.54. The molecule has 0 aliphatic heterocycles. The Balaban J connectivity index is 1.87. The molecule has 5 heteroatoms. The molecular weight excluding hydrogens is 272 g/mol. The zero-order valence-electron chi connectivity index (χ0n) is 11.4. The standard InChI is InChI=1S/C15H18N2O2S/c1-11(18)9-16-15(19)13-10-20-14(17-13)8-7-12-5-3-2-4-6-12/h2-6,10-11,18H,7-9H2,1H3,(H,16,19). The second-order valence-electron chi connectivity index (χ2n) is 4.67. The number of aliphatic hydroxyl groups is 1. The van der Waals surface area contributed by atoms with Crippen LogP contribution in [0.25, 0.3) is 0 Å². The Bertz CT molecular complexity index is 552. The van der Waals surface area contributed by atoms with Crippen LogP contribution in [0.3, 0.4) is 0 Å². The van der Waals surface area contributed by atoms with Crippen LogP contribution in [0.2, 0.25) is 0 Å². The van der Waals surface area contributed by atoms with Gasteiger partial charge in [0.15, 0.2) is 0 Å². The molecule has 4 nitrogen and oxygen atoms in total. The lowest BCUT2D eigenvalue weighted by molar-refractivity contribution is 0.0919. The van der Waals surface area contributed by atoms with E-state index in [1.54, 1.807) is 12.3 Å². The van der Waals surface area contributed by atoms with Gasteiger partial charge in [-0.2, -0.15) is 0 Å². The number of carbonyl (C=O) groups is 1. The lowest BCUT2D eigenvalue weighted by Gasteiger charge is -2.04. The van der Waals surface area contributed by atoms with Crippen molar-refractivity contribution in [3.63, 3.8) is 0 Å². The first-order valence-corrected chi connectivity index (χ1v) is 7.47. The van der Waals surface area contributed by atoms with Crippen LogP contribution in [0, 0.1) is 0 Å². The molecule has 0 aliphatic carbocycles. The smallest absolute Gasteiger partial charge is 0.270 e. The minimum atomic E-state index is -0.546. The topological polar surface area (TPSA) is 62.2 Å². The summed E-state index contributed by atoms with van der Waals surface area (Å²) >= 11 is 1.50.